The van der Waals surface area contributed by atoms with Gasteiger partial charge in [0.2, 0.25) is 0 Å². The Hall–Kier alpha value is -1.04. The summed E-state index contributed by atoms with van der Waals surface area (Å²) in [6.45, 7) is -9.12. The zero-order valence-corrected chi connectivity index (χ0v) is 32.0. The molecule has 0 aliphatic carbocycles. The molecule has 276 valence electrons. The monoisotopic (exact) mass is 866 g/mol. The summed E-state index contributed by atoms with van der Waals surface area (Å²) < 4.78 is 101. The Labute approximate surface area is 315 Å². The number of Topliss-reactive ketones (excluding diaryl/α,β-unsaturated/α-hetero) is 2. The van der Waals surface area contributed by atoms with Crippen LogP contribution in [0.1, 0.15) is 31.8 Å². The van der Waals surface area contributed by atoms with Crippen LogP contribution in [0.25, 0.3) is 0 Å². The molecule has 0 N–H and O–H groups in total. The molecule has 0 aliphatic rings. The second-order valence-corrected chi connectivity index (χ2v) is 25.9. The number of halogens is 12. The van der Waals surface area contributed by atoms with Gasteiger partial charge in [0, 0.05) is 0 Å². The molecule has 0 spiro atoms. The van der Waals surface area contributed by atoms with Gasteiger partial charge in [0.25, 0.3) is 0 Å². The second kappa shape index (κ2) is 17.0. The second-order valence-electron chi connectivity index (χ2n) is 11.7. The summed E-state index contributed by atoms with van der Waals surface area (Å²) in [5.41, 5.74) is -6.29. The summed E-state index contributed by atoms with van der Waals surface area (Å²) in [5.74, 6) is -2.12. The predicted molar refractivity (Wildman–Crippen MR) is 194 cm³/mol. The van der Waals surface area contributed by atoms with Crippen molar-refractivity contribution in [1.29, 1.82) is 0 Å². The topological polar surface area (TPSA) is 61.8 Å². The summed E-state index contributed by atoms with van der Waals surface area (Å²) in [6, 6.07) is 16.1. The van der Waals surface area contributed by atoms with Crippen molar-refractivity contribution in [1.82, 2.24) is 0 Å². The number of rotatable bonds is 18. The summed E-state index contributed by atoms with van der Waals surface area (Å²) in [7, 11) is -2.34. The molecular weight excluding hydrogens is 840 g/mol. The van der Waals surface area contributed by atoms with Gasteiger partial charge in [0.15, 0.2) is 0 Å². The summed E-state index contributed by atoms with van der Waals surface area (Å²) in [4.78, 5) is 27.1. The molecule has 0 aromatic heterocycles. The molecule has 0 aliphatic heterocycles. The molecule has 3 aromatic rings. The number of benzene rings is 3. The molecule has 3 aromatic carbocycles. The molecule has 0 radical (unpaired) electrons. The predicted octanol–water partition coefficient (Wildman–Crippen LogP) is 12.0. The van der Waals surface area contributed by atoms with Crippen LogP contribution < -0.4 is 4.65 Å². The van der Waals surface area contributed by atoms with Crippen LogP contribution in [0.4, 0.5) is 26.3 Å². The number of carbonyl (C=O) groups excluding carboxylic acids is 2. The van der Waals surface area contributed by atoms with E-state index in [1.165, 1.54) is 24.3 Å². The van der Waals surface area contributed by atoms with Gasteiger partial charge in [-0.3, -0.25) is 0 Å². The Kier molecular flexibility index (Phi) is 14.7. The van der Waals surface area contributed by atoms with E-state index in [-0.39, 0.29) is 29.3 Å². The molecule has 5 nitrogen and oxygen atoms in total. The zero-order valence-electron chi connectivity index (χ0n) is 25.7. The van der Waals surface area contributed by atoms with Crippen LogP contribution in [-0.2, 0) is 21.2 Å². The molecule has 3 rings (SSSR count). The van der Waals surface area contributed by atoms with Crippen molar-refractivity contribution in [2.75, 3.05) is 46.1 Å². The Morgan fingerprint density at radius 1 is 0.560 bits per heavy atom. The normalized spacial score (nSPS) is 14.2. The minimum absolute atomic E-state index is 0.104. The number of carbonyl (C=O) groups is 2. The first-order valence-electron chi connectivity index (χ1n) is 14.2. The van der Waals surface area contributed by atoms with Crippen molar-refractivity contribution in [3.8, 4) is 5.75 Å². The van der Waals surface area contributed by atoms with Gasteiger partial charge >= 0.3 is 317 Å². The van der Waals surface area contributed by atoms with Crippen LogP contribution >= 0.6 is 83.3 Å². The van der Waals surface area contributed by atoms with Crippen LogP contribution in [-0.4, -0.2) is 64.9 Å². The van der Waals surface area contributed by atoms with E-state index in [4.69, 9.17) is 83.1 Å². The zero-order chi connectivity index (χ0) is 37.5. The first-order valence-corrected chi connectivity index (χ1v) is 23.2. The number of ketones is 2. The Morgan fingerprint density at radius 2 is 0.880 bits per heavy atom. The van der Waals surface area contributed by atoms with Crippen molar-refractivity contribution in [2.45, 2.75) is 12.4 Å². The number of hydrogen-bond acceptors (Lipinski definition) is 5. The van der Waals surface area contributed by atoms with Gasteiger partial charge in [-0.15, -0.1) is 0 Å². The molecule has 0 heterocycles. The average Bonchev–Trinajstić information content (AvgIpc) is 3.11. The van der Waals surface area contributed by atoms with Gasteiger partial charge in [-0.25, -0.2) is 0 Å². The maximum atomic E-state index is 13.8. The van der Waals surface area contributed by atoms with Crippen molar-refractivity contribution in [2.24, 2.45) is 0 Å². The average molecular weight is 869 g/mol. The van der Waals surface area contributed by atoms with Crippen LogP contribution in [0.3, 0.4) is 0 Å². The van der Waals surface area contributed by atoms with Crippen molar-refractivity contribution < 1.29 is 49.5 Å². The molecule has 0 unspecified atom stereocenters. The summed E-state index contributed by atoms with van der Waals surface area (Å²) >= 11 is 38.9. The fourth-order valence-electron chi connectivity index (χ4n) is 4.50. The van der Waals surface area contributed by atoms with Gasteiger partial charge in [-0.2, -0.15) is 0 Å². The molecule has 0 bridgehead atoms. The maximum absolute atomic E-state index is 13.8. The minimum atomic E-state index is -5.25. The van der Waals surface area contributed by atoms with E-state index in [1.807, 2.05) is 0 Å². The third-order valence-electron chi connectivity index (χ3n) is 7.65. The SMILES string of the molecule is O=C(CP(CCl)(CCl)(CCl)OB(Oc1cc(C(F)(F)F)cc(C(F)(F)F)c1)OP(CCl)(CCl)(CCl)CC(=O)c1ccccc1)c1ccccc1. The van der Waals surface area contributed by atoms with Crippen molar-refractivity contribution in [3.05, 3.63) is 101 Å². The van der Waals surface area contributed by atoms with Gasteiger partial charge in [-0.05, 0) is 0 Å². The molecule has 20 heteroatoms. The molecule has 0 atom stereocenters. The van der Waals surface area contributed by atoms with E-state index < -0.39 is 108 Å². The van der Waals surface area contributed by atoms with Crippen molar-refractivity contribution in [3.63, 3.8) is 0 Å². The third kappa shape index (κ3) is 10.1. The molecule has 0 amide bonds. The van der Waals surface area contributed by atoms with Crippen molar-refractivity contribution >= 4 is 102 Å². The number of alkyl halides is 12. The summed E-state index contributed by atoms with van der Waals surface area (Å²) in [5, 5.41) is 0. The fraction of sp³-hybridized carbons (Fsp3) is 0.333. The molecule has 0 saturated heterocycles. The van der Waals surface area contributed by atoms with Crippen LogP contribution in [0.15, 0.2) is 78.9 Å². The van der Waals surface area contributed by atoms with Gasteiger partial charge in [-0.1, -0.05) is 0 Å². The van der Waals surface area contributed by atoms with E-state index in [0.717, 1.165) is 0 Å². The Balaban J connectivity index is 2.26. The standard InChI is InChI=1S/C30H29BCl6F6O5P2/c32-16-49(17-33,18-34,14-27(44)22-7-3-1-4-8-22)47-31(46-26-12-24(29(38,39)40)11-25(13-26)30(41,42)43)48-50(19-35,20-36,21-37)15-28(45)23-9-5-2-6-10-23/h1-13H,14-21H2. The van der Waals surface area contributed by atoms with E-state index in [2.05, 4.69) is 0 Å². The molecule has 0 fully saturated rings. The van der Waals surface area contributed by atoms with Gasteiger partial charge in [0.05, 0.1) is 0 Å². The first-order chi connectivity index (χ1) is 23.3. The molecule has 0 saturated carbocycles. The Bertz CT molecular complexity index is 1500. The quantitative estimate of drug-likeness (QED) is 0.0419. The van der Waals surface area contributed by atoms with Gasteiger partial charge in [0.1, 0.15) is 0 Å². The third-order valence-corrected chi connectivity index (χ3v) is 25.9. The van der Waals surface area contributed by atoms with E-state index >= 15 is 0 Å². The van der Waals surface area contributed by atoms with Gasteiger partial charge < -0.3 is 0 Å². The van der Waals surface area contributed by atoms with Crippen LogP contribution in [0, 0.1) is 0 Å². The van der Waals surface area contributed by atoms with Crippen LogP contribution in [0.2, 0.25) is 0 Å². The van der Waals surface area contributed by atoms with E-state index in [9.17, 15) is 35.9 Å². The van der Waals surface area contributed by atoms with E-state index in [1.54, 1.807) is 36.4 Å². The molecule has 50 heavy (non-hydrogen) atoms. The Morgan fingerprint density at radius 3 is 1.16 bits per heavy atom. The van der Waals surface area contributed by atoms with Crippen LogP contribution in [0.5, 0.6) is 5.75 Å². The first kappa shape index (κ1) is 43.4. The number of hydrogen-bond donors (Lipinski definition) is 0. The molecular formula is C30H29BCl6F6O5P2. The summed E-state index contributed by atoms with van der Waals surface area (Å²) in [6.07, 6.45) is -11.6. The fourth-order valence-corrected chi connectivity index (χ4v) is 16.0. The van der Waals surface area contributed by atoms with E-state index in [0.29, 0.717) is 0 Å².